The summed E-state index contributed by atoms with van der Waals surface area (Å²) < 4.78 is 0. The number of nitrogens with zero attached hydrogens (tertiary/aromatic N) is 1. The number of aliphatic imine (C=N–C) groups is 1. The fraction of sp³-hybridized carbons (Fsp3) is 0.0556. The zero-order valence-corrected chi connectivity index (χ0v) is 11.2. The summed E-state index contributed by atoms with van der Waals surface area (Å²) >= 11 is 0. The molecule has 0 spiro atoms. The molecule has 2 aromatic carbocycles. The number of rotatable bonds is 1. The summed E-state index contributed by atoms with van der Waals surface area (Å²) in [4.78, 5) is 7.99. The average molecular weight is 258 g/mol. The average Bonchev–Trinajstić information content (AvgIpc) is 3.11. The maximum Gasteiger partial charge on any atom is 0.0758 e. The Morgan fingerprint density at radius 1 is 1.00 bits per heavy atom. The van der Waals surface area contributed by atoms with Crippen LogP contribution in [0, 0.1) is 0 Å². The Hall–Kier alpha value is -2.61. The van der Waals surface area contributed by atoms with E-state index in [1.165, 1.54) is 27.5 Å². The molecule has 1 N–H and O–H groups in total. The highest BCUT2D eigenvalue weighted by Crippen LogP contribution is 2.34. The van der Waals surface area contributed by atoms with Crippen LogP contribution in [0.5, 0.6) is 0 Å². The summed E-state index contributed by atoms with van der Waals surface area (Å²) in [6, 6.07) is 16.8. The Kier molecular flexibility index (Phi) is 2.36. The van der Waals surface area contributed by atoms with Crippen LogP contribution in [-0.4, -0.2) is 11.2 Å². The SMILES string of the molecule is C/C(=C1/N=Cc2ccccc21)c1[nH]cc2ccccc12. The highest BCUT2D eigenvalue weighted by molar-refractivity contribution is 6.07. The molecule has 0 bridgehead atoms. The molecular formula is C18H14N2. The molecule has 0 radical (unpaired) electrons. The second-order valence-corrected chi connectivity index (χ2v) is 5.07. The third-order valence-electron chi connectivity index (χ3n) is 3.88. The van der Waals surface area contributed by atoms with Crippen LogP contribution in [-0.2, 0) is 0 Å². The molecule has 2 heteroatoms. The molecule has 0 aliphatic carbocycles. The minimum absolute atomic E-state index is 1.06. The second kappa shape index (κ2) is 4.20. The summed E-state index contributed by atoms with van der Waals surface area (Å²) in [5, 5.41) is 2.48. The van der Waals surface area contributed by atoms with Gasteiger partial charge in [0.1, 0.15) is 0 Å². The summed E-state index contributed by atoms with van der Waals surface area (Å²) in [6.07, 6.45) is 4.00. The molecule has 0 saturated carbocycles. The molecule has 1 aromatic heterocycles. The highest BCUT2D eigenvalue weighted by Gasteiger charge is 2.16. The van der Waals surface area contributed by atoms with Gasteiger partial charge in [0.2, 0.25) is 0 Å². The van der Waals surface area contributed by atoms with E-state index in [9.17, 15) is 0 Å². The number of aromatic amines is 1. The molecule has 2 heterocycles. The molecule has 4 rings (SSSR count). The molecule has 0 saturated heterocycles. The van der Waals surface area contributed by atoms with E-state index in [-0.39, 0.29) is 0 Å². The van der Waals surface area contributed by atoms with Crippen molar-refractivity contribution in [2.45, 2.75) is 6.92 Å². The molecule has 0 atom stereocenters. The predicted octanol–water partition coefficient (Wildman–Crippen LogP) is 4.49. The first kappa shape index (κ1) is 11.2. The van der Waals surface area contributed by atoms with Gasteiger partial charge in [-0.15, -0.1) is 0 Å². The molecule has 2 nitrogen and oxygen atoms in total. The third kappa shape index (κ3) is 1.55. The smallest absolute Gasteiger partial charge is 0.0758 e. The van der Waals surface area contributed by atoms with Gasteiger partial charge in [-0.3, -0.25) is 4.99 Å². The molecule has 96 valence electrons. The highest BCUT2D eigenvalue weighted by atomic mass is 14.8. The van der Waals surface area contributed by atoms with Crippen molar-refractivity contribution in [1.29, 1.82) is 0 Å². The Balaban J connectivity index is 1.95. The van der Waals surface area contributed by atoms with Gasteiger partial charge in [0, 0.05) is 28.9 Å². The summed E-state index contributed by atoms with van der Waals surface area (Å²) in [6.45, 7) is 2.13. The first-order valence-corrected chi connectivity index (χ1v) is 6.75. The topological polar surface area (TPSA) is 28.1 Å². The number of hydrogen-bond donors (Lipinski definition) is 1. The maximum absolute atomic E-state index is 4.60. The number of allylic oxidation sites excluding steroid dienone is 1. The second-order valence-electron chi connectivity index (χ2n) is 5.07. The van der Waals surface area contributed by atoms with Crippen LogP contribution in [0.25, 0.3) is 22.0 Å². The lowest BCUT2D eigenvalue weighted by Crippen LogP contribution is -1.87. The molecule has 0 amide bonds. The van der Waals surface area contributed by atoms with Gasteiger partial charge >= 0.3 is 0 Å². The van der Waals surface area contributed by atoms with E-state index in [0.717, 1.165) is 11.4 Å². The molecule has 0 unspecified atom stereocenters. The van der Waals surface area contributed by atoms with E-state index in [1.807, 2.05) is 12.3 Å². The zero-order valence-electron chi connectivity index (χ0n) is 11.2. The van der Waals surface area contributed by atoms with Crippen molar-refractivity contribution in [3.8, 4) is 0 Å². The van der Waals surface area contributed by atoms with Gasteiger partial charge in [-0.2, -0.15) is 0 Å². The summed E-state index contributed by atoms with van der Waals surface area (Å²) in [5.74, 6) is 0. The van der Waals surface area contributed by atoms with E-state index < -0.39 is 0 Å². The van der Waals surface area contributed by atoms with Gasteiger partial charge < -0.3 is 4.98 Å². The van der Waals surface area contributed by atoms with Crippen molar-refractivity contribution in [1.82, 2.24) is 4.98 Å². The van der Waals surface area contributed by atoms with E-state index in [0.29, 0.717) is 0 Å². The number of hydrogen-bond acceptors (Lipinski definition) is 1. The van der Waals surface area contributed by atoms with Crippen LogP contribution in [0.2, 0.25) is 0 Å². The number of H-pyrrole nitrogens is 1. The first-order chi connectivity index (χ1) is 9.84. The molecular weight excluding hydrogens is 244 g/mol. The first-order valence-electron chi connectivity index (χ1n) is 6.75. The summed E-state index contributed by atoms with van der Waals surface area (Å²) in [5.41, 5.74) is 5.81. The predicted molar refractivity (Wildman–Crippen MR) is 84.8 cm³/mol. The van der Waals surface area contributed by atoms with Gasteiger partial charge in [-0.1, -0.05) is 48.5 Å². The molecule has 1 aliphatic rings. The van der Waals surface area contributed by atoms with Crippen molar-refractivity contribution >= 4 is 28.3 Å². The lowest BCUT2D eigenvalue weighted by atomic mass is 10.0. The lowest BCUT2D eigenvalue weighted by molar-refractivity contribution is 1.35. The van der Waals surface area contributed by atoms with Crippen molar-refractivity contribution in [3.63, 3.8) is 0 Å². The van der Waals surface area contributed by atoms with Gasteiger partial charge in [-0.05, 0) is 17.9 Å². The van der Waals surface area contributed by atoms with E-state index in [2.05, 4.69) is 65.6 Å². The van der Waals surface area contributed by atoms with Crippen LogP contribution in [0.15, 0.2) is 59.7 Å². The molecule has 0 fully saturated rings. The van der Waals surface area contributed by atoms with Crippen LogP contribution in [0.4, 0.5) is 0 Å². The Morgan fingerprint density at radius 3 is 2.75 bits per heavy atom. The van der Waals surface area contributed by atoms with Crippen molar-refractivity contribution in [2.75, 3.05) is 0 Å². The normalized spacial score (nSPS) is 15.7. The van der Waals surface area contributed by atoms with Crippen LogP contribution in [0.3, 0.4) is 0 Å². The van der Waals surface area contributed by atoms with Crippen molar-refractivity contribution < 1.29 is 0 Å². The number of benzene rings is 2. The van der Waals surface area contributed by atoms with E-state index >= 15 is 0 Å². The molecule has 20 heavy (non-hydrogen) atoms. The lowest BCUT2D eigenvalue weighted by Gasteiger charge is -2.05. The minimum Gasteiger partial charge on any atom is -0.360 e. The number of fused-ring (bicyclic) bond motifs is 2. The van der Waals surface area contributed by atoms with Crippen molar-refractivity contribution in [3.05, 3.63) is 71.5 Å². The minimum atomic E-state index is 1.06. The van der Waals surface area contributed by atoms with Gasteiger partial charge in [0.15, 0.2) is 0 Å². The Bertz CT molecular complexity index is 866. The van der Waals surface area contributed by atoms with Crippen LogP contribution < -0.4 is 0 Å². The zero-order chi connectivity index (χ0) is 13.5. The van der Waals surface area contributed by atoms with Crippen molar-refractivity contribution in [2.24, 2.45) is 4.99 Å². The largest absolute Gasteiger partial charge is 0.360 e. The van der Waals surface area contributed by atoms with Crippen LogP contribution >= 0.6 is 0 Å². The van der Waals surface area contributed by atoms with Crippen LogP contribution in [0.1, 0.15) is 23.7 Å². The van der Waals surface area contributed by atoms with Gasteiger partial charge in [0.25, 0.3) is 0 Å². The molecule has 1 aliphatic heterocycles. The van der Waals surface area contributed by atoms with E-state index in [1.54, 1.807) is 0 Å². The Morgan fingerprint density at radius 2 is 1.80 bits per heavy atom. The standard InChI is InChI=1S/C18H14N2/c1-12(17-15-8-4-2-6-13(15)10-19-17)18-16-9-5-3-7-14(16)11-20-18/h2-11,19H,1H3/b18-12-. The maximum atomic E-state index is 4.60. The monoisotopic (exact) mass is 258 g/mol. The quantitative estimate of drug-likeness (QED) is 0.666. The number of nitrogens with one attached hydrogen (secondary N) is 1. The third-order valence-corrected chi connectivity index (χ3v) is 3.88. The Labute approximate surface area is 117 Å². The van der Waals surface area contributed by atoms with Gasteiger partial charge in [-0.25, -0.2) is 0 Å². The fourth-order valence-corrected chi connectivity index (χ4v) is 2.83. The summed E-state index contributed by atoms with van der Waals surface area (Å²) in [7, 11) is 0. The van der Waals surface area contributed by atoms with E-state index in [4.69, 9.17) is 0 Å². The van der Waals surface area contributed by atoms with Gasteiger partial charge in [0.05, 0.1) is 11.4 Å². The number of aromatic nitrogens is 1. The molecule has 3 aromatic rings. The fourth-order valence-electron chi connectivity index (χ4n) is 2.83.